The summed E-state index contributed by atoms with van der Waals surface area (Å²) in [5, 5.41) is 6.19. The molecule has 2 aliphatic carbocycles. The van der Waals surface area contributed by atoms with Crippen LogP contribution in [-0.4, -0.2) is 3.21 Å². The third-order valence-corrected chi connectivity index (χ3v) is 20.7. The van der Waals surface area contributed by atoms with Gasteiger partial charge in [0.25, 0.3) is 0 Å². The maximum atomic E-state index is 7.06. The second kappa shape index (κ2) is 16.7. The van der Waals surface area contributed by atoms with Crippen molar-refractivity contribution < 1.29 is 46.1 Å². The maximum Gasteiger partial charge on any atom is -1.00 e. The Hall–Kier alpha value is -2.77. The van der Waals surface area contributed by atoms with E-state index in [0.29, 0.717) is 0 Å². The minimum atomic E-state index is -3.28. The summed E-state index contributed by atoms with van der Waals surface area (Å²) in [5.41, 5.74) is 14.3. The molecule has 0 bridgehead atoms. The third-order valence-electron chi connectivity index (χ3n) is 12.4. The first-order valence-corrected chi connectivity index (χ1v) is 25.5. The molecular formula is C55H58Cl4Zr. The van der Waals surface area contributed by atoms with Crippen molar-refractivity contribution in [3.05, 3.63) is 167 Å². The Morgan fingerprint density at radius 1 is 0.533 bits per heavy atom. The van der Waals surface area contributed by atoms with Gasteiger partial charge in [-0.2, -0.15) is 0 Å². The Bertz CT molecular complexity index is 2680. The maximum absolute atomic E-state index is 7.06. The summed E-state index contributed by atoms with van der Waals surface area (Å²) < 4.78 is 4.76. The quantitative estimate of drug-likeness (QED) is 0.165. The Morgan fingerprint density at radius 3 is 1.45 bits per heavy atom. The van der Waals surface area contributed by atoms with E-state index in [2.05, 4.69) is 192 Å². The summed E-state index contributed by atoms with van der Waals surface area (Å²) in [6.45, 7) is 29.0. The van der Waals surface area contributed by atoms with Crippen LogP contribution in [0.25, 0.3) is 32.7 Å². The van der Waals surface area contributed by atoms with Crippen LogP contribution in [0.15, 0.2) is 113 Å². The van der Waals surface area contributed by atoms with Crippen molar-refractivity contribution >= 4 is 51.2 Å². The zero-order valence-corrected chi connectivity index (χ0v) is 42.8. The van der Waals surface area contributed by atoms with Crippen LogP contribution in [0.4, 0.5) is 0 Å². The van der Waals surface area contributed by atoms with Gasteiger partial charge in [0.15, 0.2) is 0 Å². The molecule has 0 aromatic heterocycles. The third kappa shape index (κ3) is 8.26. The van der Waals surface area contributed by atoms with Gasteiger partial charge in [-0.05, 0) is 0 Å². The second-order valence-electron chi connectivity index (χ2n) is 20.8. The molecule has 0 heterocycles. The average Bonchev–Trinajstić information content (AvgIpc) is 3.81. The number of fused-ring (bicyclic) bond motifs is 5. The van der Waals surface area contributed by atoms with Gasteiger partial charge < -0.3 is 24.8 Å². The van der Waals surface area contributed by atoms with Crippen LogP contribution in [0.1, 0.15) is 134 Å². The van der Waals surface area contributed by atoms with Crippen LogP contribution >= 0.6 is 23.2 Å². The van der Waals surface area contributed by atoms with Crippen LogP contribution in [-0.2, 0) is 49.3 Å². The summed E-state index contributed by atoms with van der Waals surface area (Å²) >= 11 is 10.8. The van der Waals surface area contributed by atoms with Gasteiger partial charge in [-0.1, -0.05) is 0 Å². The van der Waals surface area contributed by atoms with Crippen LogP contribution in [0, 0.1) is 0 Å². The van der Waals surface area contributed by atoms with Crippen molar-refractivity contribution in [1.29, 1.82) is 0 Å². The van der Waals surface area contributed by atoms with E-state index in [0.717, 1.165) is 33.7 Å². The van der Waals surface area contributed by atoms with Crippen LogP contribution in [0.5, 0.6) is 0 Å². The van der Waals surface area contributed by atoms with E-state index in [-0.39, 0.29) is 46.5 Å². The number of allylic oxidation sites excluding steroid dienone is 4. The van der Waals surface area contributed by atoms with Gasteiger partial charge >= 0.3 is 368 Å². The van der Waals surface area contributed by atoms with Crippen molar-refractivity contribution in [3.63, 3.8) is 0 Å². The van der Waals surface area contributed by atoms with Gasteiger partial charge in [-0.15, -0.1) is 0 Å². The fourth-order valence-electron chi connectivity index (χ4n) is 9.72. The van der Waals surface area contributed by atoms with Gasteiger partial charge in [-0.25, -0.2) is 0 Å². The molecular weight excluding hydrogens is 894 g/mol. The van der Waals surface area contributed by atoms with E-state index in [9.17, 15) is 0 Å². The van der Waals surface area contributed by atoms with Crippen molar-refractivity contribution in [2.24, 2.45) is 0 Å². The largest absolute Gasteiger partial charge is 1.00 e. The van der Waals surface area contributed by atoms with Crippen LogP contribution in [0.2, 0.25) is 10.0 Å². The minimum Gasteiger partial charge on any atom is -1.00 e. The number of halogens is 4. The molecule has 0 aliphatic heterocycles. The number of benzene rings is 6. The molecule has 6 aromatic rings. The van der Waals surface area contributed by atoms with Crippen molar-refractivity contribution in [3.8, 4) is 11.1 Å². The van der Waals surface area contributed by atoms with Crippen molar-refractivity contribution in [2.75, 3.05) is 0 Å². The molecule has 5 heteroatoms. The zero-order valence-electron chi connectivity index (χ0n) is 37.3. The van der Waals surface area contributed by atoms with Gasteiger partial charge in [0.05, 0.1) is 0 Å². The van der Waals surface area contributed by atoms with Crippen molar-refractivity contribution in [2.45, 2.75) is 118 Å². The van der Waals surface area contributed by atoms with E-state index in [4.69, 9.17) is 23.2 Å². The molecule has 0 spiro atoms. The van der Waals surface area contributed by atoms with E-state index in [1.165, 1.54) is 58.5 Å². The first-order chi connectivity index (χ1) is 27.2. The zero-order chi connectivity index (χ0) is 41.7. The first kappa shape index (κ1) is 46.7. The average molecular weight is 952 g/mol. The smallest absolute Gasteiger partial charge is 1.00 e. The summed E-state index contributed by atoms with van der Waals surface area (Å²) in [4.78, 5) is 0. The Kier molecular flexibility index (Phi) is 13.0. The molecule has 0 amide bonds. The molecule has 60 heavy (non-hydrogen) atoms. The molecule has 0 unspecified atom stereocenters. The molecule has 0 radical (unpaired) electrons. The van der Waals surface area contributed by atoms with Gasteiger partial charge in [-0.3, -0.25) is 0 Å². The molecule has 8 rings (SSSR count). The van der Waals surface area contributed by atoms with E-state index in [1.807, 2.05) is 0 Å². The summed E-state index contributed by atoms with van der Waals surface area (Å²) in [6, 6.07) is 34.3. The Balaban J connectivity index is 0.00000302. The Morgan fingerprint density at radius 2 is 1.00 bits per heavy atom. The predicted octanol–water partition coefficient (Wildman–Crippen LogP) is 9.43. The normalized spacial score (nSPS) is 13.7. The summed E-state index contributed by atoms with van der Waals surface area (Å²) in [5.74, 6) is 0. The number of hydrogen-bond donors (Lipinski definition) is 0. The monoisotopic (exact) mass is 948 g/mol. The number of rotatable bonds is 4. The first-order valence-electron chi connectivity index (χ1n) is 21.0. The minimum absolute atomic E-state index is 0. The molecule has 0 atom stereocenters. The van der Waals surface area contributed by atoms with Crippen molar-refractivity contribution in [1.82, 2.24) is 0 Å². The van der Waals surface area contributed by atoms with Gasteiger partial charge in [0, 0.05) is 0 Å². The molecule has 0 nitrogen and oxygen atoms in total. The Labute approximate surface area is 389 Å². The fraction of sp³-hybridized carbons (Fsp3) is 0.327. The molecule has 6 aromatic carbocycles. The predicted molar refractivity (Wildman–Crippen MR) is 252 cm³/mol. The van der Waals surface area contributed by atoms with Crippen LogP contribution < -0.4 is 28.1 Å². The molecule has 0 saturated carbocycles. The second-order valence-corrected chi connectivity index (χ2v) is 27.5. The van der Waals surface area contributed by atoms with E-state index < -0.39 is 21.3 Å². The van der Waals surface area contributed by atoms with Crippen LogP contribution in [0.3, 0.4) is 0 Å². The summed E-state index contributed by atoms with van der Waals surface area (Å²) in [6.07, 6.45) is 9.12. The number of hydrogen-bond acceptors (Lipinski definition) is 0. The topological polar surface area (TPSA) is 0 Å². The SMILES string of the molecule is CC(C)(C)c1cc2c(cc1C(C)(C)C)-c1cc(C(C)(C)C)c(C(C)(C)C)[c]([Zr+2]([C]3=CC=CC3)=[C](c3ccc(Cl)c4ccccc34)c3ccc(Cl)c4ccccc34)c1C2.[Cl-].[Cl-]. The molecule has 0 saturated heterocycles. The standard InChI is InChI=1S/C29H41.C21H12Cl2.C5H5.2ClH.Zr/c1-26(2,3)22-14-18-13-19-15-23(27(4,5)6)25(29(10,11)12)17-21(19)20(18)16-24(22)28(7,8)9;22-20-11-9-14(16-5-1-3-7-18(16)20)13-15-10-12-21(23)19-8-4-2-6-17(15)19;1-2-4-5-3-1;;;/h14,16-17H,13H2,1-12H3;1-12H;1-3H,4H2;2*1H;/q;;;;;+2/p-2. The fourth-order valence-corrected chi connectivity index (χ4v) is 19.4. The molecule has 0 N–H and O–H groups in total. The van der Waals surface area contributed by atoms with E-state index in [1.54, 1.807) is 17.7 Å². The molecule has 310 valence electrons. The molecule has 0 fully saturated rings. The van der Waals surface area contributed by atoms with E-state index >= 15 is 0 Å². The van der Waals surface area contributed by atoms with Gasteiger partial charge in [0.2, 0.25) is 0 Å². The molecule has 2 aliphatic rings. The summed E-state index contributed by atoms with van der Waals surface area (Å²) in [7, 11) is 0. The van der Waals surface area contributed by atoms with Gasteiger partial charge in [0.1, 0.15) is 0 Å².